The number of halogens is 3. The SMILES string of the molecule is N#Cc1cc(C(=O)O)c(C(F)(F)F)nc1N1CCN(C(=O)Cc2ccccc2)CC1. The van der Waals surface area contributed by atoms with Crippen molar-refractivity contribution in [3.05, 3.63) is 58.8 Å². The third kappa shape index (κ3) is 4.51. The van der Waals surface area contributed by atoms with Crippen LogP contribution >= 0.6 is 0 Å². The molecule has 1 aromatic carbocycles. The van der Waals surface area contributed by atoms with E-state index in [0.29, 0.717) is 6.07 Å². The van der Waals surface area contributed by atoms with Gasteiger partial charge in [0.05, 0.1) is 17.5 Å². The lowest BCUT2D eigenvalue weighted by atomic mass is 10.1. The largest absolute Gasteiger partial charge is 0.478 e. The van der Waals surface area contributed by atoms with Gasteiger partial charge in [0, 0.05) is 26.2 Å². The Labute approximate surface area is 170 Å². The number of carbonyl (C=O) groups is 2. The molecule has 30 heavy (non-hydrogen) atoms. The number of carbonyl (C=O) groups excluding carboxylic acids is 1. The van der Waals surface area contributed by atoms with Crippen molar-refractivity contribution >= 4 is 17.7 Å². The number of benzene rings is 1. The molecular weight excluding hydrogens is 401 g/mol. The Morgan fingerprint density at radius 2 is 1.77 bits per heavy atom. The van der Waals surface area contributed by atoms with Crippen LogP contribution in [0.2, 0.25) is 0 Å². The zero-order valence-corrected chi connectivity index (χ0v) is 15.7. The summed E-state index contributed by atoms with van der Waals surface area (Å²) >= 11 is 0. The Bertz CT molecular complexity index is 995. The van der Waals surface area contributed by atoms with Gasteiger partial charge in [-0.15, -0.1) is 0 Å². The van der Waals surface area contributed by atoms with Crippen molar-refractivity contribution in [3.8, 4) is 6.07 Å². The van der Waals surface area contributed by atoms with Gasteiger partial charge in [-0.05, 0) is 11.6 Å². The first-order valence-electron chi connectivity index (χ1n) is 9.03. The van der Waals surface area contributed by atoms with Gasteiger partial charge >= 0.3 is 12.1 Å². The van der Waals surface area contributed by atoms with Crippen LogP contribution in [-0.2, 0) is 17.4 Å². The minimum Gasteiger partial charge on any atom is -0.478 e. The van der Waals surface area contributed by atoms with Crippen molar-refractivity contribution in [2.75, 3.05) is 31.1 Å². The van der Waals surface area contributed by atoms with Gasteiger partial charge in [0.2, 0.25) is 5.91 Å². The van der Waals surface area contributed by atoms with E-state index in [2.05, 4.69) is 4.98 Å². The number of carboxylic acids is 1. The lowest BCUT2D eigenvalue weighted by Crippen LogP contribution is -2.49. The van der Waals surface area contributed by atoms with Crippen LogP contribution < -0.4 is 4.90 Å². The van der Waals surface area contributed by atoms with Gasteiger partial charge in [-0.2, -0.15) is 18.4 Å². The first kappa shape index (κ1) is 21.1. The summed E-state index contributed by atoms with van der Waals surface area (Å²) in [6, 6.07) is 11.6. The molecule has 1 fully saturated rings. The van der Waals surface area contributed by atoms with E-state index in [1.54, 1.807) is 11.0 Å². The average molecular weight is 418 g/mol. The van der Waals surface area contributed by atoms with Crippen LogP contribution in [0.25, 0.3) is 0 Å². The second kappa shape index (κ2) is 8.41. The van der Waals surface area contributed by atoms with Gasteiger partial charge in [0.25, 0.3) is 0 Å². The van der Waals surface area contributed by atoms with E-state index in [-0.39, 0.29) is 49.9 Å². The van der Waals surface area contributed by atoms with Crippen LogP contribution in [0.5, 0.6) is 0 Å². The van der Waals surface area contributed by atoms with Gasteiger partial charge in [0.15, 0.2) is 5.69 Å². The molecule has 7 nitrogen and oxygen atoms in total. The summed E-state index contributed by atoms with van der Waals surface area (Å²) in [5.41, 5.74) is -2.02. The van der Waals surface area contributed by atoms with E-state index < -0.39 is 23.4 Å². The molecule has 0 bridgehead atoms. The van der Waals surface area contributed by atoms with Crippen molar-refractivity contribution in [3.63, 3.8) is 0 Å². The van der Waals surface area contributed by atoms with E-state index >= 15 is 0 Å². The minimum atomic E-state index is -4.98. The first-order valence-corrected chi connectivity index (χ1v) is 9.03. The van der Waals surface area contributed by atoms with Crippen LogP contribution in [-0.4, -0.2) is 53.0 Å². The van der Waals surface area contributed by atoms with Crippen LogP contribution in [0.3, 0.4) is 0 Å². The smallest absolute Gasteiger partial charge is 0.434 e. The molecule has 1 amide bonds. The maximum absolute atomic E-state index is 13.3. The fourth-order valence-corrected chi connectivity index (χ4v) is 3.26. The second-order valence-electron chi connectivity index (χ2n) is 6.70. The number of rotatable bonds is 4. The highest BCUT2D eigenvalue weighted by Gasteiger charge is 2.39. The van der Waals surface area contributed by atoms with Crippen molar-refractivity contribution in [2.45, 2.75) is 12.6 Å². The number of hydrogen-bond acceptors (Lipinski definition) is 5. The highest BCUT2D eigenvalue weighted by Crippen LogP contribution is 2.34. The Morgan fingerprint density at radius 1 is 1.13 bits per heavy atom. The quantitative estimate of drug-likeness (QED) is 0.820. The van der Waals surface area contributed by atoms with Crippen molar-refractivity contribution in [2.24, 2.45) is 0 Å². The number of hydrogen-bond donors (Lipinski definition) is 1. The topological polar surface area (TPSA) is 97.5 Å². The van der Waals surface area contributed by atoms with E-state index in [0.717, 1.165) is 5.56 Å². The van der Waals surface area contributed by atoms with Gasteiger partial charge in [-0.1, -0.05) is 30.3 Å². The molecular formula is C20H17F3N4O3. The number of nitriles is 1. The molecule has 0 spiro atoms. The Balaban J connectivity index is 1.78. The van der Waals surface area contributed by atoms with Crippen LogP contribution in [0.4, 0.5) is 19.0 Å². The number of pyridine rings is 1. The van der Waals surface area contributed by atoms with E-state index in [9.17, 15) is 28.0 Å². The van der Waals surface area contributed by atoms with Gasteiger partial charge in [-0.25, -0.2) is 9.78 Å². The molecule has 1 saturated heterocycles. The molecule has 1 aliphatic rings. The zero-order valence-electron chi connectivity index (χ0n) is 15.7. The van der Waals surface area contributed by atoms with Crippen molar-refractivity contribution < 1.29 is 27.9 Å². The predicted octanol–water partition coefficient (Wildman–Crippen LogP) is 2.56. The summed E-state index contributed by atoms with van der Waals surface area (Å²) in [6.07, 6.45) is -4.77. The predicted molar refractivity (Wildman–Crippen MR) is 99.9 cm³/mol. The molecule has 0 unspecified atom stereocenters. The third-order valence-electron chi connectivity index (χ3n) is 4.75. The number of aromatic carboxylic acids is 1. The highest BCUT2D eigenvalue weighted by molar-refractivity contribution is 5.90. The fraction of sp³-hybridized carbons (Fsp3) is 0.300. The lowest BCUT2D eigenvalue weighted by Gasteiger charge is -2.36. The first-order chi connectivity index (χ1) is 14.2. The molecule has 1 aliphatic heterocycles. The summed E-state index contributed by atoms with van der Waals surface area (Å²) in [5, 5.41) is 18.4. The molecule has 3 rings (SSSR count). The molecule has 156 valence electrons. The Hall–Kier alpha value is -3.61. The molecule has 0 radical (unpaired) electrons. The van der Waals surface area contributed by atoms with Crippen LogP contribution in [0.1, 0.15) is 27.2 Å². The molecule has 1 aromatic heterocycles. The van der Waals surface area contributed by atoms with Gasteiger partial charge in [-0.3, -0.25) is 4.79 Å². The lowest BCUT2D eigenvalue weighted by molar-refractivity contribution is -0.141. The summed E-state index contributed by atoms with van der Waals surface area (Å²) in [7, 11) is 0. The number of carboxylic acid groups (broad SMARTS) is 1. The third-order valence-corrected chi connectivity index (χ3v) is 4.75. The summed E-state index contributed by atoms with van der Waals surface area (Å²) in [6.45, 7) is 0.846. The molecule has 10 heteroatoms. The highest BCUT2D eigenvalue weighted by atomic mass is 19.4. The summed E-state index contributed by atoms with van der Waals surface area (Å²) < 4.78 is 39.9. The van der Waals surface area contributed by atoms with E-state index in [4.69, 9.17) is 5.11 Å². The Kier molecular flexibility index (Phi) is 5.91. The standard InChI is InChI=1S/C20H17F3N4O3/c21-20(22,23)17-15(19(29)30)11-14(12-24)18(25-17)27-8-6-26(7-9-27)16(28)10-13-4-2-1-3-5-13/h1-5,11H,6-10H2,(H,29,30). The van der Waals surface area contributed by atoms with Gasteiger partial charge < -0.3 is 14.9 Å². The molecule has 0 aliphatic carbocycles. The normalized spacial score (nSPS) is 14.3. The number of piperazine rings is 1. The van der Waals surface area contributed by atoms with Crippen LogP contribution in [0, 0.1) is 11.3 Å². The summed E-state index contributed by atoms with van der Waals surface area (Å²) in [5.74, 6) is -2.15. The molecule has 2 aromatic rings. The molecule has 0 saturated carbocycles. The van der Waals surface area contributed by atoms with E-state index in [1.165, 1.54) is 4.90 Å². The number of nitrogens with zero attached hydrogens (tertiary/aromatic N) is 4. The summed E-state index contributed by atoms with van der Waals surface area (Å²) in [4.78, 5) is 30.2. The molecule has 0 atom stereocenters. The molecule has 2 heterocycles. The van der Waals surface area contributed by atoms with Gasteiger partial charge in [0.1, 0.15) is 11.9 Å². The monoisotopic (exact) mass is 418 g/mol. The fourth-order valence-electron chi connectivity index (χ4n) is 3.26. The average Bonchev–Trinajstić information content (AvgIpc) is 2.72. The maximum Gasteiger partial charge on any atom is 0.434 e. The second-order valence-corrected chi connectivity index (χ2v) is 6.70. The number of anilines is 1. The maximum atomic E-state index is 13.3. The molecule has 1 N–H and O–H groups in total. The number of aromatic nitrogens is 1. The van der Waals surface area contributed by atoms with Crippen LogP contribution in [0.15, 0.2) is 36.4 Å². The van der Waals surface area contributed by atoms with Crippen molar-refractivity contribution in [1.82, 2.24) is 9.88 Å². The van der Waals surface area contributed by atoms with E-state index in [1.807, 2.05) is 30.3 Å². The number of amides is 1. The Morgan fingerprint density at radius 3 is 2.30 bits per heavy atom. The van der Waals surface area contributed by atoms with Crippen molar-refractivity contribution in [1.29, 1.82) is 5.26 Å². The zero-order chi connectivity index (χ0) is 21.9. The number of alkyl halides is 3. The minimum absolute atomic E-state index is 0.105.